The lowest BCUT2D eigenvalue weighted by Gasteiger charge is -2.05. The van der Waals surface area contributed by atoms with E-state index >= 15 is 0 Å². The number of nitrogens with zero attached hydrogens (tertiary/aromatic N) is 1. The van der Waals surface area contributed by atoms with Crippen LogP contribution in [-0.2, 0) is 9.47 Å². The molecule has 0 aliphatic carbocycles. The number of carbonyl (C=O) groups is 2. The van der Waals surface area contributed by atoms with Crippen LogP contribution in [0.25, 0.3) is 0 Å². The Hall–Kier alpha value is -2.18. The maximum Gasteiger partial charge on any atom is 0.359 e. The third-order valence-corrected chi connectivity index (χ3v) is 1.77. The molecule has 1 heterocycles. The van der Waals surface area contributed by atoms with Crippen LogP contribution in [-0.4, -0.2) is 35.3 Å². The van der Waals surface area contributed by atoms with E-state index in [4.69, 9.17) is 9.47 Å². The largest absolute Gasteiger partial charge is 0.462 e. The van der Waals surface area contributed by atoms with Gasteiger partial charge in [-0.2, -0.15) is 5.10 Å². The zero-order valence-corrected chi connectivity index (χ0v) is 9.48. The summed E-state index contributed by atoms with van der Waals surface area (Å²) in [7, 11) is 0. The predicted molar refractivity (Wildman–Crippen MR) is 56.8 cm³/mol. The molecule has 1 aromatic heterocycles. The number of rotatable bonds is 4. The molecule has 0 amide bonds. The molecule has 0 atom stereocenters. The first-order chi connectivity index (χ1) is 8.10. The lowest BCUT2D eigenvalue weighted by Crippen LogP contribution is -2.21. The summed E-state index contributed by atoms with van der Waals surface area (Å²) >= 11 is 0. The normalized spacial score (nSPS) is 9.76. The Labute approximate surface area is 96.7 Å². The summed E-state index contributed by atoms with van der Waals surface area (Å²) in [5, 5.41) is 5.55. The van der Waals surface area contributed by atoms with Gasteiger partial charge in [0.05, 0.1) is 13.2 Å². The third kappa shape index (κ3) is 3.13. The summed E-state index contributed by atoms with van der Waals surface area (Å²) in [6, 6.07) is 0.956. The van der Waals surface area contributed by atoms with Gasteiger partial charge in [-0.05, 0) is 13.8 Å². The molecule has 1 aromatic rings. The van der Waals surface area contributed by atoms with Gasteiger partial charge in [0.1, 0.15) is 5.56 Å². The highest BCUT2D eigenvalue weighted by atomic mass is 16.5. The molecule has 0 aliphatic rings. The van der Waals surface area contributed by atoms with E-state index in [2.05, 4.69) is 10.2 Å². The van der Waals surface area contributed by atoms with E-state index in [9.17, 15) is 14.4 Å². The topological polar surface area (TPSA) is 98.4 Å². The van der Waals surface area contributed by atoms with Crippen molar-refractivity contribution in [3.8, 4) is 0 Å². The fraction of sp³-hybridized carbons (Fsp3) is 0.400. The zero-order valence-electron chi connectivity index (χ0n) is 9.48. The van der Waals surface area contributed by atoms with Crippen LogP contribution < -0.4 is 5.56 Å². The highest BCUT2D eigenvalue weighted by Crippen LogP contribution is 2.06. The fourth-order valence-corrected chi connectivity index (χ4v) is 1.12. The van der Waals surface area contributed by atoms with Crippen LogP contribution in [0.15, 0.2) is 10.9 Å². The van der Waals surface area contributed by atoms with Gasteiger partial charge in [0.15, 0.2) is 5.69 Å². The molecule has 7 nitrogen and oxygen atoms in total. The molecule has 0 unspecified atom stereocenters. The number of aromatic nitrogens is 2. The second-order valence-electron chi connectivity index (χ2n) is 2.94. The van der Waals surface area contributed by atoms with Crippen molar-refractivity contribution in [1.82, 2.24) is 10.2 Å². The van der Waals surface area contributed by atoms with Crippen molar-refractivity contribution >= 4 is 11.9 Å². The van der Waals surface area contributed by atoms with E-state index in [1.165, 1.54) is 0 Å². The van der Waals surface area contributed by atoms with Crippen molar-refractivity contribution in [3.63, 3.8) is 0 Å². The van der Waals surface area contributed by atoms with Gasteiger partial charge in [0, 0.05) is 6.07 Å². The average Bonchev–Trinajstić information content (AvgIpc) is 2.29. The lowest BCUT2D eigenvalue weighted by atomic mass is 10.2. The van der Waals surface area contributed by atoms with Gasteiger partial charge in [-0.15, -0.1) is 0 Å². The van der Waals surface area contributed by atoms with Crippen LogP contribution in [0.1, 0.15) is 34.7 Å². The fourth-order valence-electron chi connectivity index (χ4n) is 1.12. The van der Waals surface area contributed by atoms with Gasteiger partial charge in [0.2, 0.25) is 0 Å². The first-order valence-corrected chi connectivity index (χ1v) is 5.04. The molecule has 1 N–H and O–H groups in total. The maximum absolute atomic E-state index is 11.5. The Morgan fingerprint density at radius 2 is 1.82 bits per heavy atom. The van der Waals surface area contributed by atoms with Crippen molar-refractivity contribution < 1.29 is 19.1 Å². The molecule has 7 heteroatoms. The highest BCUT2D eigenvalue weighted by Gasteiger charge is 2.21. The van der Waals surface area contributed by atoms with E-state index in [0.29, 0.717) is 0 Å². The molecule has 0 fully saturated rings. The Balaban J connectivity index is 3.16. The molecule has 92 valence electrons. The van der Waals surface area contributed by atoms with Crippen LogP contribution in [0.3, 0.4) is 0 Å². The minimum absolute atomic E-state index is 0.133. The molecule has 17 heavy (non-hydrogen) atoms. The monoisotopic (exact) mass is 240 g/mol. The van der Waals surface area contributed by atoms with Crippen molar-refractivity contribution in [2.75, 3.05) is 13.2 Å². The summed E-state index contributed by atoms with van der Waals surface area (Å²) in [5.74, 6) is -1.57. The van der Waals surface area contributed by atoms with Crippen molar-refractivity contribution in [3.05, 3.63) is 27.7 Å². The molecule has 0 bridgehead atoms. The summed E-state index contributed by atoms with van der Waals surface area (Å²) < 4.78 is 9.42. The SMILES string of the molecule is CCOC(=O)c1cc(=O)[nH]nc1C(=O)OCC. The summed E-state index contributed by atoms with van der Waals surface area (Å²) in [6.07, 6.45) is 0. The number of H-pyrrole nitrogens is 1. The van der Waals surface area contributed by atoms with E-state index in [1.54, 1.807) is 13.8 Å². The molecule has 0 spiro atoms. The van der Waals surface area contributed by atoms with Crippen molar-refractivity contribution in [1.29, 1.82) is 0 Å². The third-order valence-electron chi connectivity index (χ3n) is 1.77. The number of esters is 2. The van der Waals surface area contributed by atoms with Crippen LogP contribution >= 0.6 is 0 Å². The number of hydrogen-bond donors (Lipinski definition) is 1. The Kier molecular flexibility index (Phi) is 4.38. The molecule has 0 aliphatic heterocycles. The standard InChI is InChI=1S/C10H12N2O5/c1-3-16-9(14)6-5-7(13)11-12-8(6)10(15)17-4-2/h5H,3-4H2,1-2H3,(H,11,13). The number of hydrogen-bond acceptors (Lipinski definition) is 6. The molecule has 0 radical (unpaired) electrons. The first-order valence-electron chi connectivity index (χ1n) is 5.04. The molecular weight excluding hydrogens is 228 g/mol. The summed E-state index contributed by atoms with van der Waals surface area (Å²) in [6.45, 7) is 3.51. The predicted octanol–water partition coefficient (Wildman–Crippen LogP) is 0.123. The van der Waals surface area contributed by atoms with Crippen LogP contribution in [0, 0.1) is 0 Å². The number of ether oxygens (including phenoxy) is 2. The Bertz CT molecular complexity index is 480. The second kappa shape index (κ2) is 5.78. The Morgan fingerprint density at radius 3 is 2.41 bits per heavy atom. The second-order valence-corrected chi connectivity index (χ2v) is 2.94. The van der Waals surface area contributed by atoms with Crippen LogP contribution in [0.4, 0.5) is 0 Å². The quantitative estimate of drug-likeness (QED) is 0.751. The minimum atomic E-state index is -0.785. The van der Waals surface area contributed by atoms with E-state index in [1.807, 2.05) is 0 Å². The lowest BCUT2D eigenvalue weighted by molar-refractivity contribution is 0.0471. The van der Waals surface area contributed by atoms with E-state index in [-0.39, 0.29) is 24.5 Å². The first kappa shape index (κ1) is 12.9. The number of carbonyl (C=O) groups excluding carboxylic acids is 2. The van der Waals surface area contributed by atoms with Crippen LogP contribution in [0.2, 0.25) is 0 Å². The summed E-state index contributed by atoms with van der Waals surface area (Å²) in [5.41, 5.74) is -1.06. The van der Waals surface area contributed by atoms with Gasteiger partial charge in [-0.3, -0.25) is 4.79 Å². The smallest absolute Gasteiger partial charge is 0.359 e. The van der Waals surface area contributed by atoms with E-state index in [0.717, 1.165) is 6.07 Å². The van der Waals surface area contributed by atoms with Gasteiger partial charge in [-0.25, -0.2) is 14.7 Å². The molecule has 0 saturated carbocycles. The molecule has 1 rings (SSSR count). The number of nitrogens with one attached hydrogen (secondary N) is 1. The van der Waals surface area contributed by atoms with Gasteiger partial charge >= 0.3 is 11.9 Å². The van der Waals surface area contributed by atoms with Gasteiger partial charge < -0.3 is 9.47 Å². The number of aromatic amines is 1. The maximum atomic E-state index is 11.5. The molecule has 0 saturated heterocycles. The molecular formula is C10H12N2O5. The van der Waals surface area contributed by atoms with Crippen LogP contribution in [0.5, 0.6) is 0 Å². The highest BCUT2D eigenvalue weighted by molar-refractivity contribution is 6.01. The summed E-state index contributed by atoms with van der Waals surface area (Å²) in [4.78, 5) is 34.0. The van der Waals surface area contributed by atoms with Crippen molar-refractivity contribution in [2.45, 2.75) is 13.8 Å². The molecule has 0 aromatic carbocycles. The average molecular weight is 240 g/mol. The van der Waals surface area contributed by atoms with Gasteiger partial charge in [-0.1, -0.05) is 0 Å². The van der Waals surface area contributed by atoms with Gasteiger partial charge in [0.25, 0.3) is 5.56 Å². The minimum Gasteiger partial charge on any atom is -0.462 e. The van der Waals surface area contributed by atoms with E-state index < -0.39 is 17.5 Å². The Morgan fingerprint density at radius 1 is 1.24 bits per heavy atom. The van der Waals surface area contributed by atoms with Crippen molar-refractivity contribution in [2.24, 2.45) is 0 Å². The zero-order chi connectivity index (χ0) is 12.8.